The number of carboxylic acid groups (broad SMARTS) is 2. The van der Waals surface area contributed by atoms with E-state index in [0.717, 1.165) is 10.9 Å². The highest BCUT2D eigenvalue weighted by Gasteiger charge is 2.31. The predicted octanol–water partition coefficient (Wildman–Crippen LogP) is -2.63. The van der Waals surface area contributed by atoms with E-state index in [2.05, 4.69) is 25.9 Å². The van der Waals surface area contributed by atoms with Gasteiger partial charge in [0, 0.05) is 36.5 Å². The van der Waals surface area contributed by atoms with Crippen molar-refractivity contribution in [1.29, 1.82) is 0 Å². The maximum atomic E-state index is 13.6. The van der Waals surface area contributed by atoms with E-state index >= 15 is 0 Å². The van der Waals surface area contributed by atoms with Gasteiger partial charge in [0.25, 0.3) is 0 Å². The number of aliphatic carboxylic acids is 2. The van der Waals surface area contributed by atoms with E-state index in [-0.39, 0.29) is 44.6 Å². The number of hydrogen-bond acceptors (Lipinski definition) is 8. The number of guanidine groups is 1. The lowest BCUT2D eigenvalue weighted by molar-refractivity contribution is -0.144. The second-order valence-electron chi connectivity index (χ2n) is 9.74. The van der Waals surface area contributed by atoms with Crippen molar-refractivity contribution >= 4 is 52.4 Å². The molecule has 0 aliphatic heterocycles. The lowest BCUT2D eigenvalue weighted by Crippen LogP contribution is -2.57. The Kier molecular flexibility index (Phi) is 12.9. The fraction of sp³-hybridized carbons (Fsp3) is 0.423. The predicted molar refractivity (Wildman–Crippen MR) is 154 cm³/mol. The summed E-state index contributed by atoms with van der Waals surface area (Å²) in [6.45, 7) is 0.0829. The lowest BCUT2D eigenvalue weighted by atomic mass is 10.0. The number of para-hydroxylation sites is 1. The SMILES string of the molecule is NC(=O)CC(NC(=O)C(CCCN=C(N)N)NC(=O)C(Cc1c[nH]c2ccccc12)NC(=O)C(N)CCC(=O)O)C(=O)O. The molecule has 0 saturated heterocycles. The van der Waals surface area contributed by atoms with Gasteiger partial charge in [-0.1, -0.05) is 18.2 Å². The topological polar surface area (TPSA) is 311 Å². The van der Waals surface area contributed by atoms with Crippen LogP contribution in [0.3, 0.4) is 0 Å². The molecule has 14 N–H and O–H groups in total. The van der Waals surface area contributed by atoms with Crippen molar-refractivity contribution in [1.82, 2.24) is 20.9 Å². The largest absolute Gasteiger partial charge is 0.481 e. The minimum atomic E-state index is -1.66. The first kappa shape index (κ1) is 34.0. The number of nitrogens with two attached hydrogens (primary N) is 4. The number of nitrogens with one attached hydrogen (secondary N) is 4. The minimum absolute atomic E-state index is 0.0466. The summed E-state index contributed by atoms with van der Waals surface area (Å²) in [6.07, 6.45) is 0.490. The lowest BCUT2D eigenvalue weighted by Gasteiger charge is -2.25. The van der Waals surface area contributed by atoms with E-state index in [9.17, 15) is 33.9 Å². The number of hydrogen-bond donors (Lipinski definition) is 10. The molecule has 234 valence electrons. The summed E-state index contributed by atoms with van der Waals surface area (Å²) in [7, 11) is 0. The van der Waals surface area contributed by atoms with Crippen LogP contribution in [0.25, 0.3) is 10.9 Å². The first-order valence-electron chi connectivity index (χ1n) is 13.3. The Balaban J connectivity index is 2.33. The Morgan fingerprint density at radius 3 is 2.12 bits per heavy atom. The van der Waals surface area contributed by atoms with Crippen LogP contribution in [0.15, 0.2) is 35.5 Å². The summed E-state index contributed by atoms with van der Waals surface area (Å²) in [5.41, 5.74) is 23.0. The number of benzene rings is 1. The molecule has 1 aromatic heterocycles. The van der Waals surface area contributed by atoms with Gasteiger partial charge in [-0.2, -0.15) is 0 Å². The van der Waals surface area contributed by atoms with E-state index in [1.807, 2.05) is 12.1 Å². The van der Waals surface area contributed by atoms with Gasteiger partial charge in [-0.3, -0.25) is 29.0 Å². The molecule has 2 aromatic rings. The summed E-state index contributed by atoms with van der Waals surface area (Å²) < 4.78 is 0. The van der Waals surface area contributed by atoms with E-state index in [0.29, 0.717) is 5.56 Å². The maximum Gasteiger partial charge on any atom is 0.326 e. The third-order valence-corrected chi connectivity index (χ3v) is 6.34. The highest BCUT2D eigenvalue weighted by molar-refractivity contribution is 5.95. The molecule has 0 aliphatic carbocycles. The van der Waals surface area contributed by atoms with Crippen LogP contribution in [0.1, 0.15) is 37.7 Å². The third-order valence-electron chi connectivity index (χ3n) is 6.34. The van der Waals surface area contributed by atoms with E-state index in [1.54, 1.807) is 18.3 Å². The molecule has 4 amide bonds. The number of nitrogens with zero attached hydrogens (tertiary/aromatic N) is 1. The fourth-order valence-electron chi connectivity index (χ4n) is 4.14. The summed E-state index contributed by atoms with van der Waals surface area (Å²) >= 11 is 0. The molecule has 4 atom stereocenters. The van der Waals surface area contributed by atoms with Crippen molar-refractivity contribution in [3.63, 3.8) is 0 Å². The van der Waals surface area contributed by atoms with Gasteiger partial charge in [-0.25, -0.2) is 4.79 Å². The van der Waals surface area contributed by atoms with E-state index < -0.39 is 66.2 Å². The average molecular weight is 604 g/mol. The number of amides is 4. The highest BCUT2D eigenvalue weighted by Crippen LogP contribution is 2.19. The van der Waals surface area contributed by atoms with Crippen molar-refractivity contribution in [3.8, 4) is 0 Å². The number of rotatable bonds is 18. The van der Waals surface area contributed by atoms with Crippen LogP contribution < -0.4 is 38.9 Å². The van der Waals surface area contributed by atoms with Gasteiger partial charge in [0.2, 0.25) is 23.6 Å². The van der Waals surface area contributed by atoms with Crippen LogP contribution in [0.5, 0.6) is 0 Å². The van der Waals surface area contributed by atoms with Gasteiger partial charge in [-0.15, -0.1) is 0 Å². The number of H-pyrrole nitrogens is 1. The van der Waals surface area contributed by atoms with Crippen molar-refractivity contribution in [2.75, 3.05) is 6.54 Å². The van der Waals surface area contributed by atoms with Gasteiger partial charge >= 0.3 is 11.9 Å². The van der Waals surface area contributed by atoms with Gasteiger partial charge < -0.3 is 54.1 Å². The van der Waals surface area contributed by atoms with E-state index in [4.69, 9.17) is 28.0 Å². The first-order valence-corrected chi connectivity index (χ1v) is 13.3. The van der Waals surface area contributed by atoms with Gasteiger partial charge in [0.15, 0.2) is 5.96 Å². The molecule has 2 rings (SSSR count). The molecule has 0 bridgehead atoms. The number of carbonyl (C=O) groups excluding carboxylic acids is 4. The summed E-state index contributed by atoms with van der Waals surface area (Å²) in [6, 6.07) is 1.71. The van der Waals surface area contributed by atoms with Crippen molar-refractivity contribution in [2.24, 2.45) is 27.9 Å². The van der Waals surface area contributed by atoms with Gasteiger partial charge in [-0.05, 0) is 30.9 Å². The van der Waals surface area contributed by atoms with Crippen molar-refractivity contribution in [2.45, 2.75) is 62.7 Å². The Hall–Kier alpha value is -5.19. The normalized spacial score (nSPS) is 13.6. The zero-order valence-electron chi connectivity index (χ0n) is 23.2. The second-order valence-corrected chi connectivity index (χ2v) is 9.74. The van der Waals surface area contributed by atoms with Crippen LogP contribution >= 0.6 is 0 Å². The number of carboxylic acids is 2. The molecular weight excluding hydrogens is 566 g/mol. The molecule has 43 heavy (non-hydrogen) atoms. The third kappa shape index (κ3) is 11.3. The van der Waals surface area contributed by atoms with Crippen molar-refractivity contribution in [3.05, 3.63) is 36.0 Å². The highest BCUT2D eigenvalue weighted by atomic mass is 16.4. The number of aliphatic imine (C=N–C) groups is 1. The smallest absolute Gasteiger partial charge is 0.326 e. The molecule has 0 radical (unpaired) electrons. The standard InChI is InChI=1S/C26H37N9O8/c27-15(7-8-21(37)38)22(39)34-18(10-13-12-32-16-5-2-1-4-14(13)16)24(41)33-17(6-3-9-31-26(29)30)23(40)35-19(25(42)43)11-20(28)36/h1-2,4-5,12,15,17-19,32H,3,6-11,27H2,(H2,28,36)(H,33,41)(H,34,39)(H,35,40)(H,37,38)(H,42,43)(H4,29,30,31). The number of aromatic amines is 1. The van der Waals surface area contributed by atoms with Crippen LogP contribution in [0.2, 0.25) is 0 Å². The monoisotopic (exact) mass is 603 g/mol. The zero-order valence-corrected chi connectivity index (χ0v) is 23.2. The average Bonchev–Trinajstić information content (AvgIpc) is 3.34. The van der Waals surface area contributed by atoms with Crippen LogP contribution in [-0.2, 0) is 35.2 Å². The Labute approximate surface area is 245 Å². The van der Waals surface area contributed by atoms with Gasteiger partial charge in [0.1, 0.15) is 18.1 Å². The van der Waals surface area contributed by atoms with Crippen LogP contribution in [-0.4, -0.2) is 87.4 Å². The fourth-order valence-corrected chi connectivity index (χ4v) is 4.14. The molecule has 1 heterocycles. The molecule has 1 aromatic carbocycles. The number of fused-ring (bicyclic) bond motifs is 1. The quantitative estimate of drug-likeness (QED) is 0.0477. The summed E-state index contributed by atoms with van der Waals surface area (Å²) in [4.78, 5) is 80.2. The van der Waals surface area contributed by atoms with Crippen LogP contribution in [0.4, 0.5) is 0 Å². The molecule has 0 fully saturated rings. The Morgan fingerprint density at radius 2 is 1.49 bits per heavy atom. The van der Waals surface area contributed by atoms with E-state index in [1.165, 1.54) is 0 Å². The Morgan fingerprint density at radius 1 is 0.860 bits per heavy atom. The van der Waals surface area contributed by atoms with Crippen molar-refractivity contribution < 1.29 is 39.0 Å². The minimum Gasteiger partial charge on any atom is -0.481 e. The van der Waals surface area contributed by atoms with Crippen LogP contribution in [0, 0.1) is 0 Å². The summed E-state index contributed by atoms with van der Waals surface area (Å²) in [5, 5.41) is 26.3. The molecule has 0 aliphatic rings. The zero-order chi connectivity index (χ0) is 32.1. The van der Waals surface area contributed by atoms with Gasteiger partial charge in [0.05, 0.1) is 12.5 Å². The number of carbonyl (C=O) groups is 6. The first-order chi connectivity index (χ1) is 20.3. The summed E-state index contributed by atoms with van der Waals surface area (Å²) in [5.74, 6) is -6.36. The molecule has 17 heteroatoms. The molecule has 4 unspecified atom stereocenters. The molecule has 0 spiro atoms. The molecule has 0 saturated carbocycles. The number of aromatic nitrogens is 1. The molecular formula is C26H37N9O8. The molecule has 17 nitrogen and oxygen atoms in total. The second kappa shape index (κ2) is 16.3. The number of primary amides is 1. The maximum absolute atomic E-state index is 13.6. The Bertz CT molecular complexity index is 1360.